The summed E-state index contributed by atoms with van der Waals surface area (Å²) in [4.78, 5) is 10.2. The van der Waals surface area contributed by atoms with Crippen LogP contribution >= 0.6 is 0 Å². The molecular formula is C36H23N3O. The summed E-state index contributed by atoms with van der Waals surface area (Å²) >= 11 is 0. The van der Waals surface area contributed by atoms with Gasteiger partial charge in [0.25, 0.3) is 0 Å². The molecule has 0 bridgehead atoms. The topological polar surface area (TPSA) is 43.9 Å². The van der Waals surface area contributed by atoms with Crippen LogP contribution in [0.25, 0.3) is 72.6 Å². The van der Waals surface area contributed by atoms with Crippen LogP contribution in [0.4, 0.5) is 0 Å². The Balaban J connectivity index is 1.40. The van der Waals surface area contributed by atoms with Gasteiger partial charge in [-0.25, -0.2) is 9.97 Å². The van der Waals surface area contributed by atoms with Crippen molar-refractivity contribution in [3.05, 3.63) is 140 Å². The zero-order valence-corrected chi connectivity index (χ0v) is 21.5. The van der Waals surface area contributed by atoms with Gasteiger partial charge < -0.3 is 8.98 Å². The van der Waals surface area contributed by atoms with Crippen LogP contribution < -0.4 is 0 Å². The van der Waals surface area contributed by atoms with Crippen molar-refractivity contribution in [2.45, 2.75) is 0 Å². The van der Waals surface area contributed by atoms with E-state index in [1.165, 1.54) is 10.8 Å². The number of para-hydroxylation sites is 4. The van der Waals surface area contributed by atoms with E-state index in [0.29, 0.717) is 5.82 Å². The molecule has 0 aliphatic rings. The second-order valence-corrected chi connectivity index (χ2v) is 9.86. The van der Waals surface area contributed by atoms with Crippen molar-refractivity contribution in [3.8, 4) is 39.8 Å². The van der Waals surface area contributed by atoms with Gasteiger partial charge in [0, 0.05) is 27.3 Å². The minimum atomic E-state index is 0.647. The van der Waals surface area contributed by atoms with Gasteiger partial charge in [-0.05, 0) is 42.5 Å². The molecule has 40 heavy (non-hydrogen) atoms. The third kappa shape index (κ3) is 3.62. The molecule has 8 rings (SSSR count). The van der Waals surface area contributed by atoms with Crippen molar-refractivity contribution in [3.63, 3.8) is 0 Å². The highest BCUT2D eigenvalue weighted by atomic mass is 16.3. The first kappa shape index (κ1) is 22.5. The van der Waals surface area contributed by atoms with E-state index in [1.54, 1.807) is 0 Å². The lowest BCUT2D eigenvalue weighted by atomic mass is 10.1. The van der Waals surface area contributed by atoms with Crippen LogP contribution in [0.5, 0.6) is 0 Å². The summed E-state index contributed by atoms with van der Waals surface area (Å²) in [7, 11) is 0. The van der Waals surface area contributed by atoms with Crippen molar-refractivity contribution < 1.29 is 4.42 Å². The van der Waals surface area contributed by atoms with Gasteiger partial charge in [0.05, 0.1) is 22.4 Å². The molecule has 0 unspecified atom stereocenters. The zero-order chi connectivity index (χ0) is 26.5. The molecule has 0 N–H and O–H groups in total. The molecule has 8 aromatic rings. The predicted molar refractivity (Wildman–Crippen MR) is 162 cm³/mol. The van der Waals surface area contributed by atoms with Gasteiger partial charge in [-0.2, -0.15) is 0 Å². The van der Waals surface area contributed by atoms with Crippen molar-refractivity contribution >= 4 is 32.8 Å². The Kier molecular flexibility index (Phi) is 5.10. The lowest BCUT2D eigenvalue weighted by Gasteiger charge is -2.14. The van der Waals surface area contributed by atoms with E-state index in [2.05, 4.69) is 95.6 Å². The van der Waals surface area contributed by atoms with Crippen LogP contribution in [0.2, 0.25) is 0 Å². The fourth-order valence-corrected chi connectivity index (χ4v) is 5.60. The van der Waals surface area contributed by atoms with Crippen molar-refractivity contribution in [1.82, 2.24) is 14.5 Å². The number of aromatic nitrogens is 3. The van der Waals surface area contributed by atoms with Crippen LogP contribution in [0.1, 0.15) is 0 Å². The van der Waals surface area contributed by atoms with Crippen LogP contribution in [0, 0.1) is 0 Å². The SMILES string of the molecule is c1ccc(-c2cc(-c3cc4ccccc4o3)nc(-c3ccccc3-n3c4ccccc4c4ccccc43)n2)cc1. The number of fused-ring (bicyclic) bond motifs is 4. The minimum absolute atomic E-state index is 0.647. The Bertz CT molecular complexity index is 2090. The fourth-order valence-electron chi connectivity index (χ4n) is 5.60. The zero-order valence-electron chi connectivity index (χ0n) is 21.5. The predicted octanol–water partition coefficient (Wildman–Crippen LogP) is 9.32. The molecule has 0 fully saturated rings. The Labute approximate surface area is 230 Å². The molecule has 0 aliphatic carbocycles. The molecule has 0 aliphatic heterocycles. The van der Waals surface area contributed by atoms with Crippen molar-refractivity contribution in [2.24, 2.45) is 0 Å². The van der Waals surface area contributed by atoms with Crippen molar-refractivity contribution in [1.29, 1.82) is 0 Å². The molecule has 3 aromatic heterocycles. The molecule has 3 heterocycles. The summed E-state index contributed by atoms with van der Waals surface area (Å²) in [6.07, 6.45) is 0. The molecule has 5 aromatic carbocycles. The van der Waals surface area contributed by atoms with Crippen LogP contribution in [-0.2, 0) is 0 Å². The standard InChI is InChI=1S/C36H23N3O/c1-2-12-24(13-3-1)29-23-30(35-22-25-14-4-11-21-34(25)40-35)38-36(37-29)28-17-7-10-20-33(28)39-31-18-8-5-15-26(31)27-16-6-9-19-32(27)39/h1-23H. The average Bonchev–Trinajstić information content (AvgIpc) is 3.61. The molecule has 0 amide bonds. The molecule has 4 nitrogen and oxygen atoms in total. The normalized spacial score (nSPS) is 11.5. The monoisotopic (exact) mass is 513 g/mol. The number of benzene rings is 5. The summed E-state index contributed by atoms with van der Waals surface area (Å²) < 4.78 is 8.58. The van der Waals surface area contributed by atoms with E-state index in [1.807, 2.05) is 48.5 Å². The van der Waals surface area contributed by atoms with Gasteiger partial charge in [0.15, 0.2) is 11.6 Å². The first-order chi connectivity index (χ1) is 19.8. The Morgan fingerprint density at radius 1 is 0.525 bits per heavy atom. The molecule has 0 saturated carbocycles. The second kappa shape index (κ2) is 9.07. The number of rotatable bonds is 4. The van der Waals surface area contributed by atoms with Gasteiger partial charge >= 0.3 is 0 Å². The molecule has 0 saturated heterocycles. The largest absolute Gasteiger partial charge is 0.454 e. The molecule has 4 heteroatoms. The quantitative estimate of drug-likeness (QED) is 0.235. The highest BCUT2D eigenvalue weighted by Gasteiger charge is 2.19. The van der Waals surface area contributed by atoms with E-state index in [-0.39, 0.29) is 0 Å². The average molecular weight is 514 g/mol. The van der Waals surface area contributed by atoms with E-state index >= 15 is 0 Å². The lowest BCUT2D eigenvalue weighted by molar-refractivity contribution is 0.628. The summed E-state index contributed by atoms with van der Waals surface area (Å²) in [5.41, 5.74) is 7.73. The van der Waals surface area contributed by atoms with Gasteiger partial charge in [0.1, 0.15) is 11.3 Å². The summed E-state index contributed by atoms with van der Waals surface area (Å²) in [5, 5.41) is 3.48. The highest BCUT2D eigenvalue weighted by Crippen LogP contribution is 2.37. The Morgan fingerprint density at radius 3 is 1.93 bits per heavy atom. The Morgan fingerprint density at radius 2 is 1.15 bits per heavy atom. The first-order valence-corrected chi connectivity index (χ1v) is 13.3. The van der Waals surface area contributed by atoms with Crippen LogP contribution in [-0.4, -0.2) is 14.5 Å². The van der Waals surface area contributed by atoms with Gasteiger partial charge in [-0.1, -0.05) is 97.1 Å². The van der Waals surface area contributed by atoms with Crippen molar-refractivity contribution in [2.75, 3.05) is 0 Å². The van der Waals surface area contributed by atoms with Gasteiger partial charge in [-0.3, -0.25) is 0 Å². The van der Waals surface area contributed by atoms with E-state index in [0.717, 1.165) is 56.0 Å². The summed E-state index contributed by atoms with van der Waals surface area (Å²) in [6.45, 7) is 0. The van der Waals surface area contributed by atoms with E-state index < -0.39 is 0 Å². The van der Waals surface area contributed by atoms with Gasteiger partial charge in [0.2, 0.25) is 0 Å². The summed E-state index contributed by atoms with van der Waals surface area (Å²) in [5.74, 6) is 1.37. The van der Waals surface area contributed by atoms with Crippen LogP contribution in [0.3, 0.4) is 0 Å². The number of furan rings is 1. The third-order valence-electron chi connectivity index (χ3n) is 7.44. The number of nitrogens with zero attached hydrogens (tertiary/aromatic N) is 3. The first-order valence-electron chi connectivity index (χ1n) is 13.3. The number of hydrogen-bond acceptors (Lipinski definition) is 3. The van der Waals surface area contributed by atoms with Crippen LogP contribution in [0.15, 0.2) is 144 Å². The molecule has 0 spiro atoms. The maximum Gasteiger partial charge on any atom is 0.162 e. The molecule has 188 valence electrons. The fraction of sp³-hybridized carbons (Fsp3) is 0. The third-order valence-corrected chi connectivity index (χ3v) is 7.44. The number of hydrogen-bond donors (Lipinski definition) is 0. The summed E-state index contributed by atoms with van der Waals surface area (Å²) in [6, 6.07) is 47.8. The second-order valence-electron chi connectivity index (χ2n) is 9.86. The molecule has 0 radical (unpaired) electrons. The Hall–Kier alpha value is -5.48. The smallest absolute Gasteiger partial charge is 0.162 e. The van der Waals surface area contributed by atoms with Gasteiger partial charge in [-0.15, -0.1) is 0 Å². The molecular weight excluding hydrogens is 490 g/mol. The lowest BCUT2D eigenvalue weighted by Crippen LogP contribution is -2.01. The van der Waals surface area contributed by atoms with E-state index in [9.17, 15) is 0 Å². The molecule has 0 atom stereocenters. The maximum atomic E-state index is 6.26. The van der Waals surface area contributed by atoms with E-state index in [4.69, 9.17) is 14.4 Å². The minimum Gasteiger partial charge on any atom is -0.454 e. The maximum absolute atomic E-state index is 6.26. The highest BCUT2D eigenvalue weighted by molar-refractivity contribution is 6.09.